The average molecular weight is 274 g/mol. The van der Waals surface area contributed by atoms with Crippen LogP contribution in [0.5, 0.6) is 5.75 Å². The SMILES string of the molecule is COc1ccc(CC(Cl)OC(C)=O)c([N+](=O)[O-])c1. The molecular formula is C11H12ClNO5. The van der Waals surface area contributed by atoms with Crippen molar-refractivity contribution >= 4 is 23.3 Å². The van der Waals surface area contributed by atoms with Gasteiger partial charge in [-0.2, -0.15) is 0 Å². The molecule has 1 unspecified atom stereocenters. The monoisotopic (exact) mass is 273 g/mol. The first-order valence-electron chi connectivity index (χ1n) is 5.06. The van der Waals surface area contributed by atoms with Crippen LogP contribution in [0.15, 0.2) is 18.2 Å². The molecule has 0 heterocycles. The number of nitrogens with zero attached hydrogens (tertiary/aromatic N) is 1. The third kappa shape index (κ3) is 3.89. The predicted molar refractivity (Wildman–Crippen MR) is 64.8 cm³/mol. The van der Waals surface area contributed by atoms with E-state index < -0.39 is 16.5 Å². The Morgan fingerprint density at radius 2 is 2.22 bits per heavy atom. The Bertz CT molecular complexity index is 463. The molecule has 1 rings (SSSR count). The van der Waals surface area contributed by atoms with Gasteiger partial charge < -0.3 is 9.47 Å². The molecule has 0 fully saturated rings. The van der Waals surface area contributed by atoms with Gasteiger partial charge in [-0.05, 0) is 12.1 Å². The number of methoxy groups -OCH3 is 1. The van der Waals surface area contributed by atoms with E-state index in [0.29, 0.717) is 11.3 Å². The first kappa shape index (κ1) is 14.2. The Kier molecular flexibility index (Phi) is 4.91. The summed E-state index contributed by atoms with van der Waals surface area (Å²) in [5.74, 6) is -0.157. The van der Waals surface area contributed by atoms with Crippen molar-refractivity contribution in [3.63, 3.8) is 0 Å². The number of ether oxygens (including phenoxy) is 2. The van der Waals surface area contributed by atoms with Gasteiger partial charge in [0.15, 0.2) is 5.56 Å². The number of carbonyl (C=O) groups is 1. The van der Waals surface area contributed by atoms with Gasteiger partial charge in [0, 0.05) is 18.9 Å². The van der Waals surface area contributed by atoms with E-state index in [1.165, 1.54) is 26.2 Å². The van der Waals surface area contributed by atoms with E-state index in [-0.39, 0.29) is 12.1 Å². The van der Waals surface area contributed by atoms with E-state index in [1.807, 2.05) is 0 Å². The van der Waals surface area contributed by atoms with Crippen LogP contribution in [0, 0.1) is 10.1 Å². The molecule has 0 saturated carbocycles. The van der Waals surface area contributed by atoms with E-state index in [2.05, 4.69) is 0 Å². The van der Waals surface area contributed by atoms with Crippen molar-refractivity contribution in [2.75, 3.05) is 7.11 Å². The molecule has 0 amide bonds. The molecule has 1 aromatic carbocycles. The summed E-state index contributed by atoms with van der Waals surface area (Å²) in [4.78, 5) is 21.1. The normalized spacial score (nSPS) is 11.7. The van der Waals surface area contributed by atoms with E-state index in [9.17, 15) is 14.9 Å². The van der Waals surface area contributed by atoms with Crippen molar-refractivity contribution in [1.29, 1.82) is 0 Å². The molecule has 0 N–H and O–H groups in total. The molecule has 0 aliphatic heterocycles. The largest absolute Gasteiger partial charge is 0.497 e. The highest BCUT2D eigenvalue weighted by molar-refractivity contribution is 6.20. The van der Waals surface area contributed by atoms with Crippen LogP contribution in [0.4, 0.5) is 5.69 Å². The highest BCUT2D eigenvalue weighted by Gasteiger charge is 2.19. The number of rotatable bonds is 5. The van der Waals surface area contributed by atoms with Crippen molar-refractivity contribution in [1.82, 2.24) is 0 Å². The Balaban J connectivity index is 2.94. The summed E-state index contributed by atoms with van der Waals surface area (Å²) in [6.07, 6.45) is 0.0570. The fourth-order valence-corrected chi connectivity index (χ4v) is 1.70. The summed E-state index contributed by atoms with van der Waals surface area (Å²) in [7, 11) is 1.42. The number of esters is 1. The Morgan fingerprint density at radius 3 is 2.72 bits per heavy atom. The van der Waals surface area contributed by atoms with Gasteiger partial charge >= 0.3 is 5.97 Å². The average Bonchev–Trinajstić information content (AvgIpc) is 2.28. The van der Waals surface area contributed by atoms with Crippen molar-refractivity contribution < 1.29 is 19.2 Å². The molecule has 0 saturated heterocycles. The number of carbonyl (C=O) groups excluding carboxylic acids is 1. The number of nitro groups is 1. The maximum atomic E-state index is 10.9. The molecule has 18 heavy (non-hydrogen) atoms. The maximum Gasteiger partial charge on any atom is 0.304 e. The summed E-state index contributed by atoms with van der Waals surface area (Å²) in [5, 5.41) is 10.9. The maximum absolute atomic E-state index is 10.9. The van der Waals surface area contributed by atoms with Crippen LogP contribution in [-0.4, -0.2) is 23.6 Å². The lowest BCUT2D eigenvalue weighted by Gasteiger charge is -2.10. The van der Waals surface area contributed by atoms with Crippen molar-refractivity contribution in [3.8, 4) is 5.75 Å². The molecule has 1 atom stereocenters. The van der Waals surface area contributed by atoms with Crippen LogP contribution in [0.1, 0.15) is 12.5 Å². The fraction of sp³-hybridized carbons (Fsp3) is 0.364. The molecule has 0 spiro atoms. The van der Waals surface area contributed by atoms with Gasteiger partial charge in [0.25, 0.3) is 5.69 Å². The molecule has 6 nitrogen and oxygen atoms in total. The predicted octanol–water partition coefficient (Wildman–Crippen LogP) is 2.27. The lowest BCUT2D eigenvalue weighted by Crippen LogP contribution is -2.13. The molecule has 98 valence electrons. The van der Waals surface area contributed by atoms with Crippen LogP contribution < -0.4 is 4.74 Å². The summed E-state index contributed by atoms with van der Waals surface area (Å²) < 4.78 is 9.62. The Labute approximate surface area is 109 Å². The Morgan fingerprint density at radius 1 is 1.56 bits per heavy atom. The highest BCUT2D eigenvalue weighted by Crippen LogP contribution is 2.26. The molecule has 1 aromatic rings. The van der Waals surface area contributed by atoms with Crippen LogP contribution in [0.3, 0.4) is 0 Å². The number of alkyl halides is 1. The van der Waals surface area contributed by atoms with Crippen molar-refractivity contribution in [3.05, 3.63) is 33.9 Å². The van der Waals surface area contributed by atoms with Crippen LogP contribution in [0.25, 0.3) is 0 Å². The number of hydrogen-bond donors (Lipinski definition) is 0. The number of hydrogen-bond acceptors (Lipinski definition) is 5. The lowest BCUT2D eigenvalue weighted by molar-refractivity contribution is -0.385. The van der Waals surface area contributed by atoms with Gasteiger partial charge in [-0.1, -0.05) is 11.6 Å². The van der Waals surface area contributed by atoms with Gasteiger partial charge in [-0.25, -0.2) is 0 Å². The zero-order valence-electron chi connectivity index (χ0n) is 9.88. The molecule has 0 radical (unpaired) electrons. The molecule has 0 aliphatic carbocycles. The third-order valence-corrected chi connectivity index (χ3v) is 2.41. The summed E-state index contributed by atoms with van der Waals surface area (Å²) >= 11 is 5.76. The standard InChI is InChI=1S/C11H12ClNO5/c1-7(14)18-11(12)5-8-3-4-9(17-2)6-10(8)13(15)16/h3-4,6,11H,5H2,1-2H3. The zero-order chi connectivity index (χ0) is 13.7. The number of nitro benzene ring substituents is 1. The zero-order valence-corrected chi connectivity index (χ0v) is 10.6. The van der Waals surface area contributed by atoms with E-state index >= 15 is 0 Å². The number of benzene rings is 1. The second-order valence-electron chi connectivity index (χ2n) is 3.48. The third-order valence-electron chi connectivity index (χ3n) is 2.16. The smallest absolute Gasteiger partial charge is 0.304 e. The van der Waals surface area contributed by atoms with Gasteiger partial charge in [-0.15, -0.1) is 0 Å². The molecule has 0 aliphatic rings. The first-order chi connectivity index (χ1) is 8.43. The molecule has 0 bridgehead atoms. The van der Waals surface area contributed by atoms with Crippen molar-refractivity contribution in [2.24, 2.45) is 0 Å². The molecule has 7 heteroatoms. The summed E-state index contributed by atoms with van der Waals surface area (Å²) in [5.41, 5.74) is -0.677. The minimum absolute atomic E-state index is 0.0570. The fourth-order valence-electron chi connectivity index (χ4n) is 1.41. The lowest BCUT2D eigenvalue weighted by atomic mass is 10.1. The minimum Gasteiger partial charge on any atom is -0.497 e. The molecular weight excluding hydrogens is 262 g/mol. The van der Waals surface area contributed by atoms with Crippen LogP contribution in [0.2, 0.25) is 0 Å². The quantitative estimate of drug-likeness (QED) is 0.356. The minimum atomic E-state index is -0.936. The Hall–Kier alpha value is -1.82. The topological polar surface area (TPSA) is 78.7 Å². The second-order valence-corrected chi connectivity index (χ2v) is 3.96. The molecule has 0 aromatic heterocycles. The first-order valence-corrected chi connectivity index (χ1v) is 5.50. The van der Waals surface area contributed by atoms with Gasteiger partial charge in [0.05, 0.1) is 18.1 Å². The van der Waals surface area contributed by atoms with Crippen LogP contribution in [-0.2, 0) is 16.0 Å². The van der Waals surface area contributed by atoms with E-state index in [0.717, 1.165) is 0 Å². The summed E-state index contributed by atoms with van der Waals surface area (Å²) in [6, 6.07) is 4.41. The highest BCUT2D eigenvalue weighted by atomic mass is 35.5. The van der Waals surface area contributed by atoms with Crippen molar-refractivity contribution in [2.45, 2.75) is 18.9 Å². The van der Waals surface area contributed by atoms with Gasteiger partial charge in [0.1, 0.15) is 5.75 Å². The second kappa shape index (κ2) is 6.20. The van der Waals surface area contributed by atoms with Crippen LogP contribution >= 0.6 is 11.6 Å². The van der Waals surface area contributed by atoms with Gasteiger partial charge in [-0.3, -0.25) is 14.9 Å². The van der Waals surface area contributed by atoms with E-state index in [1.54, 1.807) is 6.07 Å². The summed E-state index contributed by atoms with van der Waals surface area (Å²) in [6.45, 7) is 1.22. The van der Waals surface area contributed by atoms with E-state index in [4.69, 9.17) is 21.1 Å². The number of halogens is 1. The van der Waals surface area contributed by atoms with Gasteiger partial charge in [0.2, 0.25) is 0 Å².